The monoisotopic (exact) mass is 220 g/mol. The number of benzene rings is 1. The molecule has 0 fully saturated rings. The zero-order valence-electron chi connectivity index (χ0n) is 9.64. The maximum absolute atomic E-state index is 12.1. The highest BCUT2D eigenvalue weighted by atomic mass is 16.5. The lowest BCUT2D eigenvalue weighted by atomic mass is 10.3. The van der Waals surface area contributed by atoms with Crippen molar-refractivity contribution in [2.24, 2.45) is 0 Å². The van der Waals surface area contributed by atoms with Gasteiger partial charge in [-0.3, -0.25) is 9.13 Å². The second kappa shape index (κ2) is 4.53. The first-order valence-corrected chi connectivity index (χ1v) is 5.46. The number of hydrogen-bond donors (Lipinski definition) is 0. The van der Waals surface area contributed by atoms with Crippen LogP contribution in [0.1, 0.15) is 6.92 Å². The molecular formula is C12H16N2O2. The molecule has 1 aromatic heterocycles. The fourth-order valence-electron chi connectivity index (χ4n) is 1.98. The fraction of sp³-hybridized carbons (Fsp3) is 0.417. The Labute approximate surface area is 94.1 Å². The van der Waals surface area contributed by atoms with Crippen LogP contribution in [0.15, 0.2) is 29.1 Å². The number of aryl methyl sites for hydroxylation is 1. The highest BCUT2D eigenvalue weighted by Crippen LogP contribution is 2.12. The van der Waals surface area contributed by atoms with Crippen molar-refractivity contribution in [3.05, 3.63) is 34.7 Å². The molecule has 0 radical (unpaired) electrons. The van der Waals surface area contributed by atoms with Crippen molar-refractivity contribution < 1.29 is 4.74 Å². The Hall–Kier alpha value is -1.55. The van der Waals surface area contributed by atoms with Crippen LogP contribution in [0.5, 0.6) is 0 Å². The van der Waals surface area contributed by atoms with Gasteiger partial charge in [-0.1, -0.05) is 12.1 Å². The summed E-state index contributed by atoms with van der Waals surface area (Å²) in [5.74, 6) is 0. The van der Waals surface area contributed by atoms with Crippen LogP contribution in [0.25, 0.3) is 11.0 Å². The van der Waals surface area contributed by atoms with Gasteiger partial charge in [-0.15, -0.1) is 0 Å². The highest BCUT2D eigenvalue weighted by Gasteiger charge is 2.10. The Kier molecular flexibility index (Phi) is 3.10. The van der Waals surface area contributed by atoms with Gasteiger partial charge in [0.05, 0.1) is 24.2 Å². The molecule has 0 aliphatic rings. The topological polar surface area (TPSA) is 36.2 Å². The van der Waals surface area contributed by atoms with E-state index in [0.717, 1.165) is 11.0 Å². The summed E-state index contributed by atoms with van der Waals surface area (Å²) in [5.41, 5.74) is 2.01. The van der Waals surface area contributed by atoms with Gasteiger partial charge in [-0.05, 0) is 19.1 Å². The van der Waals surface area contributed by atoms with E-state index in [0.29, 0.717) is 19.7 Å². The summed E-state index contributed by atoms with van der Waals surface area (Å²) in [6, 6.07) is 7.85. The summed E-state index contributed by atoms with van der Waals surface area (Å²) in [6.07, 6.45) is 0. The quantitative estimate of drug-likeness (QED) is 0.782. The molecule has 16 heavy (non-hydrogen) atoms. The van der Waals surface area contributed by atoms with E-state index in [4.69, 9.17) is 4.74 Å². The van der Waals surface area contributed by atoms with E-state index in [1.807, 2.05) is 31.2 Å². The minimum atomic E-state index is 0.0424. The van der Waals surface area contributed by atoms with Crippen LogP contribution >= 0.6 is 0 Å². The maximum atomic E-state index is 12.1. The standard InChI is InChI=1S/C12H16N2O2/c1-3-13-10-6-4-5-7-11(10)14(12(13)15)8-9-16-2/h4-7H,3,8-9H2,1-2H3. The van der Waals surface area contributed by atoms with Gasteiger partial charge in [-0.2, -0.15) is 0 Å². The Bertz CT molecular complexity index is 539. The molecule has 0 aliphatic carbocycles. The molecular weight excluding hydrogens is 204 g/mol. The van der Waals surface area contributed by atoms with Crippen LogP contribution in [0.3, 0.4) is 0 Å². The Morgan fingerprint density at radius 1 is 1.19 bits per heavy atom. The van der Waals surface area contributed by atoms with Gasteiger partial charge in [0.2, 0.25) is 0 Å². The smallest absolute Gasteiger partial charge is 0.329 e. The zero-order valence-corrected chi connectivity index (χ0v) is 9.64. The molecule has 4 heteroatoms. The first-order chi connectivity index (χ1) is 7.79. The lowest BCUT2D eigenvalue weighted by molar-refractivity contribution is 0.187. The Morgan fingerprint density at radius 2 is 1.81 bits per heavy atom. The molecule has 86 valence electrons. The second-order valence-corrected chi connectivity index (χ2v) is 3.66. The number of para-hydroxylation sites is 2. The van der Waals surface area contributed by atoms with Crippen LogP contribution < -0.4 is 5.69 Å². The molecule has 2 rings (SSSR count). The summed E-state index contributed by atoms with van der Waals surface area (Å²) in [7, 11) is 1.64. The molecule has 0 amide bonds. The van der Waals surface area contributed by atoms with Gasteiger partial charge in [0.25, 0.3) is 0 Å². The third kappa shape index (κ3) is 1.65. The van der Waals surface area contributed by atoms with Crippen molar-refractivity contribution in [2.45, 2.75) is 20.0 Å². The first kappa shape index (κ1) is 11.0. The molecule has 0 atom stereocenters. The number of rotatable bonds is 4. The summed E-state index contributed by atoms with van der Waals surface area (Å²) in [6.45, 7) is 3.83. The summed E-state index contributed by atoms with van der Waals surface area (Å²) in [4.78, 5) is 12.1. The number of nitrogens with zero attached hydrogens (tertiary/aromatic N) is 2. The molecule has 0 spiro atoms. The van der Waals surface area contributed by atoms with Crippen LogP contribution in [-0.2, 0) is 17.8 Å². The van der Waals surface area contributed by atoms with Crippen molar-refractivity contribution in [3.63, 3.8) is 0 Å². The van der Waals surface area contributed by atoms with Crippen molar-refractivity contribution in [1.29, 1.82) is 0 Å². The average molecular weight is 220 g/mol. The van der Waals surface area contributed by atoms with Gasteiger partial charge >= 0.3 is 5.69 Å². The van der Waals surface area contributed by atoms with E-state index < -0.39 is 0 Å². The van der Waals surface area contributed by atoms with E-state index in [2.05, 4.69) is 0 Å². The molecule has 1 aromatic carbocycles. The summed E-state index contributed by atoms with van der Waals surface area (Å²) < 4.78 is 8.57. The summed E-state index contributed by atoms with van der Waals surface area (Å²) >= 11 is 0. The molecule has 4 nitrogen and oxygen atoms in total. The second-order valence-electron chi connectivity index (χ2n) is 3.66. The van der Waals surface area contributed by atoms with Crippen LogP contribution in [-0.4, -0.2) is 22.9 Å². The van der Waals surface area contributed by atoms with Gasteiger partial charge in [0.1, 0.15) is 0 Å². The van der Waals surface area contributed by atoms with Gasteiger partial charge < -0.3 is 4.74 Å². The van der Waals surface area contributed by atoms with Crippen molar-refractivity contribution in [3.8, 4) is 0 Å². The normalized spacial score (nSPS) is 11.1. The molecule has 0 bridgehead atoms. The Morgan fingerprint density at radius 3 is 2.38 bits per heavy atom. The van der Waals surface area contributed by atoms with E-state index in [1.165, 1.54) is 0 Å². The molecule has 0 unspecified atom stereocenters. The molecule has 0 saturated carbocycles. The number of hydrogen-bond acceptors (Lipinski definition) is 2. The zero-order chi connectivity index (χ0) is 11.5. The first-order valence-electron chi connectivity index (χ1n) is 5.46. The lowest BCUT2D eigenvalue weighted by Crippen LogP contribution is -2.25. The van der Waals surface area contributed by atoms with Crippen LogP contribution in [0.2, 0.25) is 0 Å². The number of aromatic nitrogens is 2. The molecule has 2 aromatic rings. The largest absolute Gasteiger partial charge is 0.383 e. The lowest BCUT2D eigenvalue weighted by Gasteiger charge is -2.00. The van der Waals surface area contributed by atoms with Crippen molar-refractivity contribution in [2.75, 3.05) is 13.7 Å². The van der Waals surface area contributed by atoms with Crippen molar-refractivity contribution >= 4 is 11.0 Å². The highest BCUT2D eigenvalue weighted by molar-refractivity contribution is 5.75. The van der Waals surface area contributed by atoms with E-state index in [9.17, 15) is 4.79 Å². The Balaban J connectivity index is 2.63. The number of fused-ring (bicyclic) bond motifs is 1. The molecule has 0 N–H and O–H groups in total. The molecule has 0 aliphatic heterocycles. The van der Waals surface area contributed by atoms with Crippen molar-refractivity contribution in [1.82, 2.24) is 9.13 Å². The van der Waals surface area contributed by atoms with E-state index >= 15 is 0 Å². The third-order valence-electron chi connectivity index (χ3n) is 2.76. The minimum absolute atomic E-state index is 0.0424. The van der Waals surface area contributed by atoms with Gasteiger partial charge in [0.15, 0.2) is 0 Å². The van der Waals surface area contributed by atoms with Gasteiger partial charge in [0, 0.05) is 13.7 Å². The van der Waals surface area contributed by atoms with Crippen LogP contribution in [0.4, 0.5) is 0 Å². The van der Waals surface area contributed by atoms with E-state index in [-0.39, 0.29) is 5.69 Å². The van der Waals surface area contributed by atoms with Crippen LogP contribution in [0, 0.1) is 0 Å². The molecule has 1 heterocycles. The predicted molar refractivity (Wildman–Crippen MR) is 63.7 cm³/mol. The SMILES string of the molecule is CCn1c(=O)n(CCOC)c2ccccc21. The van der Waals surface area contributed by atoms with E-state index in [1.54, 1.807) is 16.2 Å². The minimum Gasteiger partial charge on any atom is -0.383 e. The average Bonchev–Trinajstić information content (AvgIpc) is 2.58. The third-order valence-corrected chi connectivity index (χ3v) is 2.76. The number of methoxy groups -OCH3 is 1. The molecule has 0 saturated heterocycles. The summed E-state index contributed by atoms with van der Waals surface area (Å²) in [5, 5.41) is 0. The number of ether oxygens (including phenoxy) is 1. The number of imidazole rings is 1. The maximum Gasteiger partial charge on any atom is 0.329 e. The fourth-order valence-corrected chi connectivity index (χ4v) is 1.98. The van der Waals surface area contributed by atoms with Gasteiger partial charge in [-0.25, -0.2) is 4.79 Å². The predicted octanol–water partition coefficient (Wildman–Crippen LogP) is 1.47.